The summed E-state index contributed by atoms with van der Waals surface area (Å²) >= 11 is 0. The molecular weight excluding hydrogens is 600 g/mol. The van der Waals surface area contributed by atoms with E-state index in [0.29, 0.717) is 37.2 Å². The molecular formula is C36H46N4O5S. The Balaban J connectivity index is 1.79. The zero-order chi connectivity index (χ0) is 33.9. The van der Waals surface area contributed by atoms with Crippen molar-refractivity contribution in [3.63, 3.8) is 0 Å². The summed E-state index contributed by atoms with van der Waals surface area (Å²) in [5.41, 5.74) is 0.403. The number of amides is 1. The third kappa shape index (κ3) is 8.75. The Bertz CT molecular complexity index is 1670. The number of carbonyl (C=O) groups excluding carboxylic acids is 1. The Kier molecular flexibility index (Phi) is 10.3. The smallest absolute Gasteiger partial charge is 0.408 e. The van der Waals surface area contributed by atoms with Gasteiger partial charge in [0.25, 0.3) is 0 Å². The molecule has 246 valence electrons. The van der Waals surface area contributed by atoms with E-state index in [-0.39, 0.29) is 17.2 Å². The minimum absolute atomic E-state index is 0.132. The fourth-order valence-corrected chi connectivity index (χ4v) is 6.39. The molecule has 1 saturated carbocycles. The maximum atomic E-state index is 14.0. The number of aromatic nitrogens is 1. The zero-order valence-electron chi connectivity index (χ0n) is 27.8. The third-order valence-corrected chi connectivity index (χ3v) is 9.73. The van der Waals surface area contributed by atoms with Crippen molar-refractivity contribution in [2.75, 3.05) is 29.1 Å². The van der Waals surface area contributed by atoms with Crippen LogP contribution in [0.3, 0.4) is 0 Å². The summed E-state index contributed by atoms with van der Waals surface area (Å²) in [7, 11) is -2.26. The molecule has 1 aliphatic rings. The molecule has 46 heavy (non-hydrogen) atoms. The van der Waals surface area contributed by atoms with Crippen LogP contribution >= 0.6 is 0 Å². The number of pyridine rings is 1. The lowest BCUT2D eigenvalue weighted by atomic mass is 9.86. The number of carbonyl (C=O) groups is 2. The van der Waals surface area contributed by atoms with Crippen LogP contribution in [0.1, 0.15) is 62.5 Å². The topological polar surface area (TPSA) is 111 Å². The van der Waals surface area contributed by atoms with E-state index < -0.39 is 27.2 Å². The molecule has 0 spiro atoms. The lowest BCUT2D eigenvalue weighted by Gasteiger charge is -2.46. The Hall–Kier alpha value is -4.18. The fourth-order valence-electron chi connectivity index (χ4n) is 5.96. The molecule has 1 aliphatic carbocycles. The Labute approximate surface area is 273 Å². The average molecular weight is 647 g/mol. The molecule has 3 aromatic rings. The largest absolute Gasteiger partial charge is 0.465 e. The van der Waals surface area contributed by atoms with Crippen LogP contribution in [-0.2, 0) is 23.0 Å². The number of benzene rings is 2. The number of ketones is 1. The van der Waals surface area contributed by atoms with Crippen molar-refractivity contribution in [2.24, 2.45) is 11.8 Å². The summed E-state index contributed by atoms with van der Waals surface area (Å²) in [6, 6.07) is 22.7. The molecule has 1 amide bonds. The number of allylic oxidation sites excluding steroid dienone is 1. The van der Waals surface area contributed by atoms with Gasteiger partial charge in [-0.2, -0.15) is 0 Å². The van der Waals surface area contributed by atoms with Crippen LogP contribution < -0.4 is 9.21 Å². The van der Waals surface area contributed by atoms with E-state index in [9.17, 15) is 23.1 Å². The van der Waals surface area contributed by atoms with Crippen molar-refractivity contribution in [1.29, 1.82) is 0 Å². The van der Waals surface area contributed by atoms with E-state index in [0.717, 1.165) is 28.1 Å². The maximum Gasteiger partial charge on any atom is 0.408 e. The SMILES string of the molecule is CC1CC1CN(Cc1ccccc1)c1cc(C(=O)C=CC(C)(Cc2ccccc2)N(C(=O)O)C(C)(C)C)cc(N(C)S(C)(=O)=O)n1. The van der Waals surface area contributed by atoms with E-state index in [1.807, 2.05) is 88.4 Å². The summed E-state index contributed by atoms with van der Waals surface area (Å²) in [4.78, 5) is 34.8. The fraction of sp³-hybridized carbons (Fsp3) is 0.417. The number of hydrogen-bond acceptors (Lipinski definition) is 6. The summed E-state index contributed by atoms with van der Waals surface area (Å²) in [6.45, 7) is 10.7. The van der Waals surface area contributed by atoms with Crippen molar-refractivity contribution in [3.8, 4) is 0 Å². The van der Waals surface area contributed by atoms with Crippen molar-refractivity contribution in [2.45, 2.75) is 65.1 Å². The summed E-state index contributed by atoms with van der Waals surface area (Å²) < 4.78 is 26.3. The standard InChI is InChI=1S/C36H46N4O5S/c1-26-20-30(26)25-39(24-28-16-12-9-13-17-28)33-22-29(21-32(37-33)38(6)46(7,44)45)31(41)18-19-36(5,23-27-14-10-8-11-15-27)40(34(42)43)35(2,3)4/h8-19,21-22,26,30H,20,23-25H2,1-7H3,(H,42,43). The molecule has 9 nitrogen and oxygen atoms in total. The zero-order valence-corrected chi connectivity index (χ0v) is 28.7. The van der Waals surface area contributed by atoms with Crippen LogP contribution in [0.5, 0.6) is 0 Å². The number of anilines is 2. The van der Waals surface area contributed by atoms with Gasteiger partial charge in [0.05, 0.1) is 11.8 Å². The summed E-state index contributed by atoms with van der Waals surface area (Å²) in [5.74, 6) is 1.30. The van der Waals surface area contributed by atoms with Gasteiger partial charge >= 0.3 is 6.09 Å². The number of rotatable bonds is 13. The van der Waals surface area contributed by atoms with Crippen LogP contribution in [0, 0.1) is 11.8 Å². The molecule has 0 saturated heterocycles. The normalized spacial score (nSPS) is 17.7. The predicted molar refractivity (Wildman–Crippen MR) is 184 cm³/mol. The molecule has 3 atom stereocenters. The van der Waals surface area contributed by atoms with E-state index in [1.165, 1.54) is 24.1 Å². The summed E-state index contributed by atoms with van der Waals surface area (Å²) in [6.07, 6.45) is 4.48. The molecule has 1 heterocycles. The van der Waals surface area contributed by atoms with Gasteiger partial charge in [-0.1, -0.05) is 73.7 Å². The van der Waals surface area contributed by atoms with Gasteiger partial charge in [-0.15, -0.1) is 0 Å². The maximum absolute atomic E-state index is 14.0. The van der Waals surface area contributed by atoms with Crippen LogP contribution in [0.15, 0.2) is 84.9 Å². The van der Waals surface area contributed by atoms with E-state index >= 15 is 0 Å². The van der Waals surface area contributed by atoms with E-state index in [1.54, 1.807) is 12.1 Å². The van der Waals surface area contributed by atoms with Crippen LogP contribution in [0.2, 0.25) is 0 Å². The van der Waals surface area contributed by atoms with Gasteiger partial charge in [-0.3, -0.25) is 14.0 Å². The van der Waals surface area contributed by atoms with Crippen LogP contribution in [0.25, 0.3) is 0 Å². The van der Waals surface area contributed by atoms with Crippen LogP contribution in [0.4, 0.5) is 16.4 Å². The number of hydrogen-bond donors (Lipinski definition) is 1. The quantitative estimate of drug-likeness (QED) is 0.163. The molecule has 10 heteroatoms. The lowest BCUT2D eigenvalue weighted by molar-refractivity contribution is 0.0462. The van der Waals surface area contributed by atoms with Gasteiger partial charge in [0.15, 0.2) is 5.78 Å². The van der Waals surface area contributed by atoms with Gasteiger partial charge in [-0.25, -0.2) is 18.2 Å². The number of nitrogens with zero attached hydrogens (tertiary/aromatic N) is 4. The lowest BCUT2D eigenvalue weighted by Crippen LogP contribution is -2.58. The average Bonchev–Trinajstić information content (AvgIpc) is 3.68. The van der Waals surface area contributed by atoms with Crippen molar-refractivity contribution in [1.82, 2.24) is 9.88 Å². The van der Waals surface area contributed by atoms with Gasteiger partial charge in [0.2, 0.25) is 10.0 Å². The van der Waals surface area contributed by atoms with E-state index in [2.05, 4.69) is 11.8 Å². The minimum atomic E-state index is -3.68. The van der Waals surface area contributed by atoms with Gasteiger partial charge < -0.3 is 10.0 Å². The molecule has 1 aromatic heterocycles. The Morgan fingerprint density at radius 2 is 1.50 bits per heavy atom. The second-order valence-corrected chi connectivity index (χ2v) is 15.7. The number of sulfonamides is 1. The summed E-state index contributed by atoms with van der Waals surface area (Å²) in [5, 5.41) is 10.3. The highest BCUT2D eigenvalue weighted by Crippen LogP contribution is 2.39. The first-order valence-corrected chi connectivity index (χ1v) is 17.4. The second kappa shape index (κ2) is 13.7. The predicted octanol–water partition coefficient (Wildman–Crippen LogP) is 6.66. The highest BCUT2D eigenvalue weighted by atomic mass is 32.2. The van der Waals surface area contributed by atoms with Gasteiger partial charge in [-0.05, 0) is 81.7 Å². The van der Waals surface area contributed by atoms with Gasteiger partial charge in [0.1, 0.15) is 11.6 Å². The Morgan fingerprint density at radius 3 is 2.00 bits per heavy atom. The van der Waals surface area contributed by atoms with Crippen molar-refractivity contribution >= 4 is 33.5 Å². The first-order chi connectivity index (χ1) is 21.5. The molecule has 1 N–H and O–H groups in total. The van der Waals surface area contributed by atoms with Crippen molar-refractivity contribution in [3.05, 3.63) is 102 Å². The molecule has 1 fully saturated rings. The first-order valence-electron chi connectivity index (χ1n) is 15.5. The van der Waals surface area contributed by atoms with E-state index in [4.69, 9.17) is 4.98 Å². The molecule has 0 radical (unpaired) electrons. The minimum Gasteiger partial charge on any atom is -0.465 e. The van der Waals surface area contributed by atoms with Crippen LogP contribution in [-0.4, -0.2) is 66.2 Å². The van der Waals surface area contributed by atoms with Gasteiger partial charge in [0, 0.05) is 31.2 Å². The molecule has 2 aromatic carbocycles. The number of carboxylic acid groups (broad SMARTS) is 1. The highest BCUT2D eigenvalue weighted by molar-refractivity contribution is 7.92. The molecule has 0 aliphatic heterocycles. The highest BCUT2D eigenvalue weighted by Gasteiger charge is 2.41. The molecule has 0 bridgehead atoms. The molecule has 3 unspecified atom stereocenters. The monoisotopic (exact) mass is 646 g/mol. The third-order valence-electron chi connectivity index (χ3n) is 8.55. The van der Waals surface area contributed by atoms with Crippen molar-refractivity contribution < 1.29 is 23.1 Å². The Morgan fingerprint density at radius 1 is 0.957 bits per heavy atom. The molecule has 4 rings (SSSR count). The second-order valence-electron chi connectivity index (χ2n) is 13.6. The first kappa shape index (κ1) is 34.7.